The largest absolute Gasteiger partial charge is 0.368 e. The maximum atomic E-state index is 11.3. The van der Waals surface area contributed by atoms with Crippen molar-refractivity contribution in [3.8, 4) is 0 Å². The summed E-state index contributed by atoms with van der Waals surface area (Å²) in [5.41, 5.74) is 10.4. The van der Waals surface area contributed by atoms with Gasteiger partial charge in [-0.2, -0.15) is 0 Å². The van der Waals surface area contributed by atoms with E-state index in [1.165, 1.54) is 12.8 Å². The lowest BCUT2D eigenvalue weighted by Gasteiger charge is -2.33. The first-order valence-electron chi connectivity index (χ1n) is 6.69. The highest BCUT2D eigenvalue weighted by atomic mass is 16.1. The number of primary amides is 1. The minimum absolute atomic E-state index is 0.318. The Bertz CT molecular complexity index is 261. The summed E-state index contributed by atoms with van der Waals surface area (Å²) in [5, 5.41) is 0. The van der Waals surface area contributed by atoms with Gasteiger partial charge in [0.2, 0.25) is 5.91 Å². The predicted molar refractivity (Wildman–Crippen MR) is 70.5 cm³/mol. The zero-order valence-electron chi connectivity index (χ0n) is 11.4. The van der Waals surface area contributed by atoms with E-state index in [1.54, 1.807) is 6.92 Å². The molecule has 0 aromatic carbocycles. The molecule has 0 saturated heterocycles. The van der Waals surface area contributed by atoms with Crippen LogP contribution in [0.15, 0.2) is 0 Å². The van der Waals surface area contributed by atoms with Crippen molar-refractivity contribution < 1.29 is 4.79 Å². The molecule has 4 N–H and O–H groups in total. The Kier molecular flexibility index (Phi) is 4.95. The summed E-state index contributed by atoms with van der Waals surface area (Å²) in [4.78, 5) is 13.7. The molecule has 0 aromatic heterocycles. The predicted octanol–water partition coefficient (Wildman–Crippen LogP) is 1.09. The van der Waals surface area contributed by atoms with Crippen molar-refractivity contribution in [1.29, 1.82) is 0 Å². The zero-order chi connectivity index (χ0) is 13.1. The van der Waals surface area contributed by atoms with Gasteiger partial charge in [0.15, 0.2) is 0 Å². The first kappa shape index (κ1) is 14.5. The average molecular weight is 241 g/mol. The Morgan fingerprint density at radius 2 is 2.12 bits per heavy atom. The lowest BCUT2D eigenvalue weighted by atomic mass is 9.93. The molecule has 0 bridgehead atoms. The molecule has 1 amide bonds. The van der Waals surface area contributed by atoms with Crippen LogP contribution < -0.4 is 11.5 Å². The number of hydrogen-bond donors (Lipinski definition) is 2. The Labute approximate surface area is 105 Å². The molecule has 1 rings (SSSR count). The SMILES string of the molecule is CCCN(CC1CC1)C(C)CC(C)(N)C(N)=O. The van der Waals surface area contributed by atoms with Crippen molar-refractivity contribution in [3.05, 3.63) is 0 Å². The van der Waals surface area contributed by atoms with Gasteiger partial charge >= 0.3 is 0 Å². The third-order valence-electron chi connectivity index (χ3n) is 3.61. The van der Waals surface area contributed by atoms with Crippen molar-refractivity contribution in [2.24, 2.45) is 17.4 Å². The van der Waals surface area contributed by atoms with Gasteiger partial charge in [-0.25, -0.2) is 0 Å². The number of rotatable bonds is 8. The van der Waals surface area contributed by atoms with E-state index in [4.69, 9.17) is 11.5 Å². The molecular formula is C13H27N3O. The molecule has 0 spiro atoms. The Hall–Kier alpha value is -0.610. The van der Waals surface area contributed by atoms with Gasteiger partial charge in [0, 0.05) is 12.6 Å². The van der Waals surface area contributed by atoms with Crippen LogP contribution in [-0.2, 0) is 4.79 Å². The van der Waals surface area contributed by atoms with Crippen molar-refractivity contribution in [2.45, 2.75) is 58.0 Å². The molecule has 0 heterocycles. The van der Waals surface area contributed by atoms with Gasteiger partial charge < -0.3 is 16.4 Å². The molecule has 1 aliphatic carbocycles. The third kappa shape index (κ3) is 4.64. The number of nitrogens with two attached hydrogens (primary N) is 2. The molecule has 0 aromatic rings. The fraction of sp³-hybridized carbons (Fsp3) is 0.923. The van der Waals surface area contributed by atoms with Gasteiger partial charge in [0.05, 0.1) is 5.54 Å². The molecule has 100 valence electrons. The fourth-order valence-corrected chi connectivity index (χ4v) is 2.25. The second-order valence-electron chi connectivity index (χ2n) is 5.77. The highest BCUT2D eigenvalue weighted by Crippen LogP contribution is 2.31. The van der Waals surface area contributed by atoms with Crippen LogP contribution >= 0.6 is 0 Å². The number of nitrogens with zero attached hydrogens (tertiary/aromatic N) is 1. The van der Waals surface area contributed by atoms with E-state index in [-0.39, 0.29) is 0 Å². The second kappa shape index (κ2) is 5.83. The van der Waals surface area contributed by atoms with Crippen LogP contribution in [-0.4, -0.2) is 35.5 Å². The van der Waals surface area contributed by atoms with Gasteiger partial charge in [0.25, 0.3) is 0 Å². The molecule has 2 atom stereocenters. The first-order chi connectivity index (χ1) is 7.86. The summed E-state index contributed by atoms with van der Waals surface area (Å²) in [6, 6.07) is 0.318. The van der Waals surface area contributed by atoms with E-state index in [1.807, 2.05) is 0 Å². The van der Waals surface area contributed by atoms with E-state index in [0.29, 0.717) is 12.5 Å². The van der Waals surface area contributed by atoms with E-state index >= 15 is 0 Å². The number of carbonyl (C=O) groups excluding carboxylic acids is 1. The third-order valence-corrected chi connectivity index (χ3v) is 3.61. The first-order valence-corrected chi connectivity index (χ1v) is 6.69. The molecule has 2 unspecified atom stereocenters. The van der Waals surface area contributed by atoms with Crippen LogP contribution in [0.5, 0.6) is 0 Å². The summed E-state index contributed by atoms with van der Waals surface area (Å²) >= 11 is 0. The summed E-state index contributed by atoms with van der Waals surface area (Å²) in [7, 11) is 0. The van der Waals surface area contributed by atoms with Crippen LogP contribution in [0.25, 0.3) is 0 Å². The van der Waals surface area contributed by atoms with Crippen molar-refractivity contribution in [1.82, 2.24) is 4.90 Å². The Morgan fingerprint density at radius 1 is 1.53 bits per heavy atom. The molecule has 0 aliphatic heterocycles. The Balaban J connectivity index is 2.50. The molecule has 0 radical (unpaired) electrons. The highest BCUT2D eigenvalue weighted by molar-refractivity contribution is 5.83. The van der Waals surface area contributed by atoms with Crippen molar-refractivity contribution >= 4 is 5.91 Å². The van der Waals surface area contributed by atoms with E-state index < -0.39 is 11.4 Å². The van der Waals surface area contributed by atoms with Crippen LogP contribution in [0.2, 0.25) is 0 Å². The minimum Gasteiger partial charge on any atom is -0.368 e. The van der Waals surface area contributed by atoms with E-state index in [2.05, 4.69) is 18.7 Å². The van der Waals surface area contributed by atoms with Crippen molar-refractivity contribution in [3.63, 3.8) is 0 Å². The zero-order valence-corrected chi connectivity index (χ0v) is 11.4. The van der Waals surface area contributed by atoms with Crippen LogP contribution in [0.1, 0.15) is 46.5 Å². The lowest BCUT2D eigenvalue weighted by Crippen LogP contribution is -2.53. The van der Waals surface area contributed by atoms with Crippen LogP contribution in [0, 0.1) is 5.92 Å². The maximum absolute atomic E-state index is 11.3. The van der Waals surface area contributed by atoms with Crippen LogP contribution in [0.4, 0.5) is 0 Å². The summed E-state index contributed by atoms with van der Waals surface area (Å²) in [6.45, 7) is 8.28. The standard InChI is InChI=1S/C13H27N3O/c1-4-7-16(9-11-5-6-11)10(2)8-13(3,15)12(14)17/h10-11H,4-9,15H2,1-3H3,(H2,14,17). The number of carbonyl (C=O) groups is 1. The number of hydrogen-bond acceptors (Lipinski definition) is 3. The monoisotopic (exact) mass is 241 g/mol. The topological polar surface area (TPSA) is 72.3 Å². The molecule has 1 aliphatic rings. The summed E-state index contributed by atoms with van der Waals surface area (Å²) in [6.07, 6.45) is 4.47. The van der Waals surface area contributed by atoms with E-state index in [0.717, 1.165) is 25.4 Å². The number of amides is 1. The van der Waals surface area contributed by atoms with E-state index in [9.17, 15) is 4.79 Å². The molecule has 4 heteroatoms. The van der Waals surface area contributed by atoms with Gasteiger partial charge in [0.1, 0.15) is 0 Å². The molecule has 4 nitrogen and oxygen atoms in total. The highest BCUT2D eigenvalue weighted by Gasteiger charge is 2.32. The fourth-order valence-electron chi connectivity index (χ4n) is 2.25. The molecule has 17 heavy (non-hydrogen) atoms. The van der Waals surface area contributed by atoms with Gasteiger partial charge in [-0.15, -0.1) is 0 Å². The quantitative estimate of drug-likeness (QED) is 0.668. The van der Waals surface area contributed by atoms with Crippen molar-refractivity contribution in [2.75, 3.05) is 13.1 Å². The smallest absolute Gasteiger partial charge is 0.237 e. The molecule has 1 fully saturated rings. The summed E-state index contributed by atoms with van der Waals surface area (Å²) < 4.78 is 0. The average Bonchev–Trinajstić information content (AvgIpc) is 3.00. The molecule has 1 saturated carbocycles. The maximum Gasteiger partial charge on any atom is 0.237 e. The minimum atomic E-state index is -0.894. The second-order valence-corrected chi connectivity index (χ2v) is 5.77. The van der Waals surface area contributed by atoms with Gasteiger partial charge in [-0.1, -0.05) is 6.92 Å². The normalized spacial score (nSPS) is 21.2. The van der Waals surface area contributed by atoms with Crippen LogP contribution in [0.3, 0.4) is 0 Å². The molecular weight excluding hydrogens is 214 g/mol. The van der Waals surface area contributed by atoms with Gasteiger partial charge in [-0.3, -0.25) is 4.79 Å². The van der Waals surface area contributed by atoms with Gasteiger partial charge in [-0.05, 0) is 52.0 Å². The summed E-state index contributed by atoms with van der Waals surface area (Å²) in [5.74, 6) is 0.453. The lowest BCUT2D eigenvalue weighted by molar-refractivity contribution is -0.123. The Morgan fingerprint density at radius 3 is 2.53 bits per heavy atom.